The fraction of sp³-hybridized carbons (Fsp3) is 0.400. The molecule has 1 aromatic carbocycles. The van der Waals surface area contributed by atoms with Crippen molar-refractivity contribution in [2.75, 3.05) is 18.0 Å². The first-order valence-electron chi connectivity index (χ1n) is 4.82. The molecule has 0 fully saturated rings. The Morgan fingerprint density at radius 2 is 2.07 bits per heavy atom. The number of hydrogen-bond donors (Lipinski definition) is 0. The van der Waals surface area contributed by atoms with Crippen molar-refractivity contribution in [1.82, 2.24) is 0 Å². The second-order valence-electron chi connectivity index (χ2n) is 3.00. The Balaban J connectivity index is 3.06. The molecule has 4 nitrogen and oxygen atoms in total. The largest absolute Gasteiger partial charge is 0.371 e. The second-order valence-corrected chi connectivity index (χ2v) is 3.40. The minimum absolute atomic E-state index is 0.540. The van der Waals surface area contributed by atoms with Crippen molar-refractivity contribution in [3.8, 4) is 0 Å². The smallest absolute Gasteiger partial charge is 0.0644 e. The Hall–Kier alpha value is -1.38. The molecule has 0 heterocycles. The van der Waals surface area contributed by atoms with Crippen LogP contribution >= 0.6 is 11.6 Å². The molecule has 1 aromatic rings. The highest BCUT2D eigenvalue weighted by molar-refractivity contribution is 6.33. The Kier molecular flexibility index (Phi) is 4.28. The summed E-state index contributed by atoms with van der Waals surface area (Å²) in [6, 6.07) is 5.31. The van der Waals surface area contributed by atoms with E-state index in [1.165, 1.54) is 0 Å². The van der Waals surface area contributed by atoms with Gasteiger partial charge in [0.2, 0.25) is 0 Å². The van der Waals surface area contributed by atoms with Gasteiger partial charge in [0.05, 0.1) is 10.7 Å². The highest BCUT2D eigenvalue weighted by Gasteiger charge is 2.06. The molecule has 5 heteroatoms. The molecule has 0 atom stereocenters. The normalized spacial score (nSPS) is 9.53. The van der Waals surface area contributed by atoms with E-state index in [1.54, 1.807) is 12.1 Å². The molecule has 0 saturated heterocycles. The molecule has 0 saturated carbocycles. The van der Waals surface area contributed by atoms with Gasteiger partial charge in [-0.05, 0) is 31.5 Å². The number of benzene rings is 1. The van der Waals surface area contributed by atoms with Crippen LogP contribution in [0.25, 0.3) is 10.4 Å². The van der Waals surface area contributed by atoms with E-state index in [0.717, 1.165) is 18.8 Å². The van der Waals surface area contributed by atoms with E-state index in [2.05, 4.69) is 28.8 Å². The zero-order valence-corrected chi connectivity index (χ0v) is 9.57. The third-order valence-corrected chi connectivity index (χ3v) is 2.50. The maximum Gasteiger partial charge on any atom is 0.0644 e. The third kappa shape index (κ3) is 2.78. The molecule has 0 spiro atoms. The molecule has 0 aliphatic rings. The molecule has 0 unspecified atom stereocenters. The molecule has 80 valence electrons. The lowest BCUT2D eigenvalue weighted by Gasteiger charge is -2.22. The number of azide groups is 1. The number of anilines is 1. The number of hydrogen-bond acceptors (Lipinski definition) is 2. The minimum atomic E-state index is 0.540. The first-order valence-corrected chi connectivity index (χ1v) is 5.20. The van der Waals surface area contributed by atoms with Crippen LogP contribution in [-0.4, -0.2) is 13.1 Å². The van der Waals surface area contributed by atoms with Gasteiger partial charge in [-0.3, -0.25) is 0 Å². The zero-order valence-electron chi connectivity index (χ0n) is 8.81. The van der Waals surface area contributed by atoms with Gasteiger partial charge in [-0.25, -0.2) is 0 Å². The van der Waals surface area contributed by atoms with Gasteiger partial charge in [-0.1, -0.05) is 22.8 Å². The molecule has 15 heavy (non-hydrogen) atoms. The van der Waals surface area contributed by atoms with E-state index >= 15 is 0 Å². The molecule has 0 amide bonds. The number of halogens is 1. The van der Waals surface area contributed by atoms with Gasteiger partial charge in [-0.15, -0.1) is 0 Å². The molecule has 0 bridgehead atoms. The van der Waals surface area contributed by atoms with Gasteiger partial charge >= 0.3 is 0 Å². The Morgan fingerprint density at radius 3 is 2.53 bits per heavy atom. The van der Waals surface area contributed by atoms with Gasteiger partial charge in [0.1, 0.15) is 0 Å². The molecular weight excluding hydrogens is 212 g/mol. The van der Waals surface area contributed by atoms with Gasteiger partial charge < -0.3 is 4.90 Å². The number of rotatable bonds is 4. The van der Waals surface area contributed by atoms with E-state index in [9.17, 15) is 0 Å². The lowest BCUT2D eigenvalue weighted by Crippen LogP contribution is -2.21. The zero-order chi connectivity index (χ0) is 11.3. The highest BCUT2D eigenvalue weighted by Crippen LogP contribution is 2.29. The van der Waals surface area contributed by atoms with Crippen LogP contribution in [0.5, 0.6) is 0 Å². The predicted molar refractivity (Wildman–Crippen MR) is 63.8 cm³/mol. The van der Waals surface area contributed by atoms with E-state index in [4.69, 9.17) is 17.1 Å². The summed E-state index contributed by atoms with van der Waals surface area (Å²) >= 11 is 6.09. The topological polar surface area (TPSA) is 52.0 Å². The molecule has 0 aromatic heterocycles. The quantitative estimate of drug-likeness (QED) is 0.431. The minimum Gasteiger partial charge on any atom is -0.371 e. The third-order valence-electron chi connectivity index (χ3n) is 2.20. The van der Waals surface area contributed by atoms with Crippen molar-refractivity contribution >= 4 is 23.0 Å². The average molecular weight is 225 g/mol. The van der Waals surface area contributed by atoms with Gasteiger partial charge in [0.15, 0.2) is 0 Å². The molecule has 1 rings (SSSR count). The van der Waals surface area contributed by atoms with Gasteiger partial charge in [0, 0.05) is 23.7 Å². The summed E-state index contributed by atoms with van der Waals surface area (Å²) in [4.78, 5) is 4.86. The molecule has 0 N–H and O–H groups in total. The first-order chi connectivity index (χ1) is 7.22. The summed E-state index contributed by atoms with van der Waals surface area (Å²) in [5.74, 6) is 0. The average Bonchev–Trinajstić information content (AvgIpc) is 2.23. The fourth-order valence-corrected chi connectivity index (χ4v) is 1.72. The van der Waals surface area contributed by atoms with Crippen molar-refractivity contribution in [3.63, 3.8) is 0 Å². The van der Waals surface area contributed by atoms with E-state index < -0.39 is 0 Å². The van der Waals surface area contributed by atoms with Crippen LogP contribution in [0.2, 0.25) is 5.02 Å². The van der Waals surface area contributed by atoms with Crippen LogP contribution in [0.15, 0.2) is 23.3 Å². The maximum absolute atomic E-state index is 8.29. The van der Waals surface area contributed by atoms with Crippen LogP contribution in [0.3, 0.4) is 0 Å². The summed E-state index contributed by atoms with van der Waals surface area (Å²) in [6.45, 7) is 5.94. The summed E-state index contributed by atoms with van der Waals surface area (Å²) in [7, 11) is 0. The number of nitrogens with zero attached hydrogens (tertiary/aromatic N) is 4. The van der Waals surface area contributed by atoms with Crippen LogP contribution in [0.4, 0.5) is 11.4 Å². The van der Waals surface area contributed by atoms with Crippen LogP contribution < -0.4 is 4.90 Å². The molecular formula is C10H13ClN4. The van der Waals surface area contributed by atoms with Crippen molar-refractivity contribution in [3.05, 3.63) is 33.7 Å². The Labute approximate surface area is 94.1 Å². The summed E-state index contributed by atoms with van der Waals surface area (Å²) in [6.07, 6.45) is 0. The summed E-state index contributed by atoms with van der Waals surface area (Å²) < 4.78 is 0. The van der Waals surface area contributed by atoms with Crippen molar-refractivity contribution in [2.24, 2.45) is 5.11 Å². The van der Waals surface area contributed by atoms with Crippen molar-refractivity contribution in [1.29, 1.82) is 0 Å². The lowest BCUT2D eigenvalue weighted by atomic mass is 10.2. The van der Waals surface area contributed by atoms with Crippen molar-refractivity contribution < 1.29 is 0 Å². The monoisotopic (exact) mass is 224 g/mol. The lowest BCUT2D eigenvalue weighted by molar-refractivity contribution is 0.866. The van der Waals surface area contributed by atoms with Crippen molar-refractivity contribution in [2.45, 2.75) is 13.8 Å². The summed E-state index contributed by atoms with van der Waals surface area (Å²) in [5.41, 5.74) is 9.80. The SMILES string of the molecule is CCN(CC)c1ccc(N=[N+]=[N-])cc1Cl. The van der Waals surface area contributed by atoms with E-state index in [-0.39, 0.29) is 0 Å². The predicted octanol–water partition coefficient (Wildman–Crippen LogP) is 4.13. The maximum atomic E-state index is 8.29. The van der Waals surface area contributed by atoms with Crippen LogP contribution in [0, 0.1) is 0 Å². The molecule has 0 aliphatic carbocycles. The Bertz CT molecular complexity index is 381. The van der Waals surface area contributed by atoms with Crippen LogP contribution in [-0.2, 0) is 0 Å². The van der Waals surface area contributed by atoms with Crippen LogP contribution in [0.1, 0.15) is 13.8 Å². The summed E-state index contributed by atoms with van der Waals surface area (Å²) in [5, 5.41) is 4.11. The van der Waals surface area contributed by atoms with Gasteiger partial charge in [0.25, 0.3) is 0 Å². The first kappa shape index (κ1) is 11.7. The molecule has 0 radical (unpaired) electrons. The standard InChI is InChI=1S/C10H13ClN4/c1-3-15(4-2)10-6-5-8(13-14-12)7-9(10)11/h5-7H,3-4H2,1-2H3. The highest BCUT2D eigenvalue weighted by atomic mass is 35.5. The van der Waals surface area contributed by atoms with E-state index in [1.807, 2.05) is 6.07 Å². The van der Waals surface area contributed by atoms with Gasteiger partial charge in [-0.2, -0.15) is 0 Å². The second kappa shape index (κ2) is 5.49. The fourth-order valence-electron chi connectivity index (χ4n) is 1.43. The Morgan fingerprint density at radius 1 is 1.40 bits per heavy atom. The van der Waals surface area contributed by atoms with E-state index in [0.29, 0.717) is 10.7 Å². The molecule has 0 aliphatic heterocycles.